The van der Waals surface area contributed by atoms with Crippen LogP contribution in [0.15, 0.2) is 121 Å². The van der Waals surface area contributed by atoms with Crippen molar-refractivity contribution >= 4 is 58.5 Å². The molecular weight excluding hydrogens is 606 g/mol. The van der Waals surface area contributed by atoms with Gasteiger partial charge in [0.15, 0.2) is 5.11 Å². The van der Waals surface area contributed by atoms with Gasteiger partial charge in [-0.2, -0.15) is 0 Å². The van der Waals surface area contributed by atoms with E-state index in [2.05, 4.69) is 9.88 Å². The van der Waals surface area contributed by atoms with Crippen molar-refractivity contribution in [2.45, 2.75) is 6.92 Å². The highest BCUT2D eigenvalue weighted by Gasteiger charge is 2.35. The van der Waals surface area contributed by atoms with E-state index in [1.165, 1.54) is 4.90 Å². The summed E-state index contributed by atoms with van der Waals surface area (Å²) in [5, 5.41) is 3.05. The van der Waals surface area contributed by atoms with Gasteiger partial charge < -0.3 is 9.30 Å². The number of amides is 2. The molecule has 2 amide bonds. The fraction of sp³-hybridized carbons (Fsp3) is 0.0556. The summed E-state index contributed by atoms with van der Waals surface area (Å²) < 4.78 is 7.23. The number of rotatable bonds is 7. The van der Waals surface area contributed by atoms with Crippen molar-refractivity contribution in [3.63, 3.8) is 0 Å². The molecule has 1 N–H and O–H groups in total. The molecule has 6 rings (SSSR count). The Balaban J connectivity index is 1.57. The van der Waals surface area contributed by atoms with Gasteiger partial charge in [-0.15, -0.1) is 0 Å². The van der Waals surface area contributed by atoms with Crippen LogP contribution >= 0.6 is 23.8 Å². The molecule has 0 spiro atoms. The zero-order valence-corrected chi connectivity index (χ0v) is 25.6. The maximum Gasteiger partial charge on any atom is 0.338 e. The number of aromatic nitrogens is 1. The van der Waals surface area contributed by atoms with Crippen LogP contribution in [0.3, 0.4) is 0 Å². The lowest BCUT2D eigenvalue weighted by Crippen LogP contribution is -2.54. The molecule has 1 aliphatic rings. The largest absolute Gasteiger partial charge is 0.462 e. The molecule has 0 radical (unpaired) electrons. The number of nitrogens with one attached hydrogen (secondary N) is 1. The van der Waals surface area contributed by atoms with E-state index in [0.717, 1.165) is 28.2 Å². The third-order valence-corrected chi connectivity index (χ3v) is 7.77. The fourth-order valence-corrected chi connectivity index (χ4v) is 5.71. The van der Waals surface area contributed by atoms with Crippen molar-refractivity contribution in [3.05, 3.63) is 137 Å². The van der Waals surface area contributed by atoms with Crippen molar-refractivity contribution in [3.8, 4) is 28.2 Å². The van der Waals surface area contributed by atoms with Crippen LogP contribution in [0, 0.1) is 0 Å². The number of anilines is 1. The van der Waals surface area contributed by atoms with Crippen LogP contribution in [0.4, 0.5) is 5.69 Å². The Morgan fingerprint density at radius 1 is 0.844 bits per heavy atom. The smallest absolute Gasteiger partial charge is 0.338 e. The van der Waals surface area contributed by atoms with Gasteiger partial charge in [-0.25, -0.2) is 4.79 Å². The van der Waals surface area contributed by atoms with Gasteiger partial charge in [0.25, 0.3) is 11.8 Å². The third-order valence-electron chi connectivity index (χ3n) is 7.25. The van der Waals surface area contributed by atoms with E-state index in [4.69, 9.17) is 28.6 Å². The Kier molecular flexibility index (Phi) is 8.42. The van der Waals surface area contributed by atoms with E-state index in [9.17, 15) is 14.4 Å². The molecule has 5 aromatic rings. The summed E-state index contributed by atoms with van der Waals surface area (Å²) in [6, 6.07) is 35.3. The van der Waals surface area contributed by atoms with Gasteiger partial charge in [0.05, 0.1) is 29.2 Å². The number of thiocarbonyl (C=S) groups is 1. The lowest BCUT2D eigenvalue weighted by Gasteiger charge is -2.29. The van der Waals surface area contributed by atoms with E-state index in [0.29, 0.717) is 21.8 Å². The van der Waals surface area contributed by atoms with Crippen molar-refractivity contribution in [1.29, 1.82) is 0 Å². The lowest BCUT2D eigenvalue weighted by atomic mass is 10.0. The number of ether oxygens (including phenoxy) is 1. The number of hydrogen-bond acceptors (Lipinski definition) is 5. The minimum atomic E-state index is -0.602. The SMILES string of the molecule is CCOC(=O)c1ccc(-n2c(-c3ccccc3)cc(/C=C3\C(=O)NC(=S)N(c4cccc(Cl)c4)C3=O)c2-c2ccccc2)cc1. The summed E-state index contributed by atoms with van der Waals surface area (Å²) in [5.74, 6) is -1.58. The second kappa shape index (κ2) is 12.7. The van der Waals surface area contributed by atoms with Gasteiger partial charge in [-0.05, 0) is 84.9 Å². The number of carbonyl (C=O) groups is 3. The van der Waals surface area contributed by atoms with Crippen LogP contribution in [-0.4, -0.2) is 34.1 Å². The molecule has 2 heterocycles. The summed E-state index contributed by atoms with van der Waals surface area (Å²) in [6.07, 6.45) is 1.59. The van der Waals surface area contributed by atoms with Crippen LogP contribution in [0.25, 0.3) is 34.3 Å². The molecule has 9 heteroatoms. The van der Waals surface area contributed by atoms with Crippen LogP contribution in [-0.2, 0) is 14.3 Å². The van der Waals surface area contributed by atoms with E-state index in [1.807, 2.05) is 78.9 Å². The minimum Gasteiger partial charge on any atom is -0.462 e. The molecule has 0 bridgehead atoms. The molecule has 1 aliphatic heterocycles. The van der Waals surface area contributed by atoms with Crippen LogP contribution in [0.2, 0.25) is 5.02 Å². The highest BCUT2D eigenvalue weighted by Crippen LogP contribution is 2.38. The second-order valence-electron chi connectivity index (χ2n) is 10.1. The molecular formula is C36H26ClN3O4S. The predicted octanol–water partition coefficient (Wildman–Crippen LogP) is 7.47. The molecule has 1 fully saturated rings. The van der Waals surface area contributed by atoms with E-state index < -0.39 is 17.8 Å². The lowest BCUT2D eigenvalue weighted by molar-refractivity contribution is -0.122. The fourth-order valence-electron chi connectivity index (χ4n) is 5.24. The van der Waals surface area contributed by atoms with Gasteiger partial charge in [0.2, 0.25) is 0 Å². The van der Waals surface area contributed by atoms with Crippen molar-refractivity contribution in [1.82, 2.24) is 9.88 Å². The van der Waals surface area contributed by atoms with E-state index >= 15 is 0 Å². The highest BCUT2D eigenvalue weighted by atomic mass is 35.5. The molecule has 4 aromatic carbocycles. The van der Waals surface area contributed by atoms with E-state index in [-0.39, 0.29) is 17.3 Å². The molecule has 0 saturated carbocycles. The topological polar surface area (TPSA) is 80.6 Å². The maximum absolute atomic E-state index is 13.9. The molecule has 0 atom stereocenters. The first-order valence-corrected chi connectivity index (χ1v) is 15.0. The number of benzene rings is 4. The highest BCUT2D eigenvalue weighted by molar-refractivity contribution is 7.80. The summed E-state index contributed by atoms with van der Waals surface area (Å²) in [7, 11) is 0. The number of carbonyl (C=O) groups excluding carboxylic acids is 3. The van der Waals surface area contributed by atoms with Crippen molar-refractivity contribution in [2.24, 2.45) is 0 Å². The summed E-state index contributed by atoms with van der Waals surface area (Å²) in [5.41, 5.74) is 5.51. The van der Waals surface area contributed by atoms with Gasteiger partial charge in [0, 0.05) is 16.3 Å². The Morgan fingerprint density at radius 2 is 1.51 bits per heavy atom. The first kappa shape index (κ1) is 29.7. The first-order valence-electron chi connectivity index (χ1n) is 14.2. The molecule has 7 nitrogen and oxygen atoms in total. The maximum atomic E-state index is 13.9. The molecule has 0 aliphatic carbocycles. The summed E-state index contributed by atoms with van der Waals surface area (Å²) in [4.78, 5) is 40.9. The minimum absolute atomic E-state index is 0.0306. The molecule has 45 heavy (non-hydrogen) atoms. The Morgan fingerprint density at radius 3 is 2.16 bits per heavy atom. The monoisotopic (exact) mass is 631 g/mol. The first-order chi connectivity index (χ1) is 21.9. The zero-order chi connectivity index (χ0) is 31.5. The number of esters is 1. The van der Waals surface area contributed by atoms with Crippen LogP contribution in [0.5, 0.6) is 0 Å². The second-order valence-corrected chi connectivity index (χ2v) is 10.9. The van der Waals surface area contributed by atoms with E-state index in [1.54, 1.807) is 49.4 Å². The van der Waals surface area contributed by atoms with Crippen molar-refractivity contribution < 1.29 is 19.1 Å². The number of hydrogen-bond donors (Lipinski definition) is 1. The molecule has 0 unspecified atom stereocenters. The van der Waals surface area contributed by atoms with Crippen LogP contribution in [0.1, 0.15) is 22.8 Å². The molecule has 1 saturated heterocycles. The van der Waals surface area contributed by atoms with Gasteiger partial charge >= 0.3 is 5.97 Å². The van der Waals surface area contributed by atoms with Gasteiger partial charge in [-0.3, -0.25) is 19.8 Å². The number of nitrogens with zero attached hydrogens (tertiary/aromatic N) is 2. The van der Waals surface area contributed by atoms with Crippen molar-refractivity contribution in [2.75, 3.05) is 11.5 Å². The van der Waals surface area contributed by atoms with Crippen LogP contribution < -0.4 is 10.2 Å². The van der Waals surface area contributed by atoms with Gasteiger partial charge in [0.1, 0.15) is 5.57 Å². The Bertz CT molecular complexity index is 1970. The zero-order valence-electron chi connectivity index (χ0n) is 24.1. The Labute approximate surface area is 270 Å². The average molecular weight is 632 g/mol. The quantitative estimate of drug-likeness (QED) is 0.0872. The summed E-state index contributed by atoms with van der Waals surface area (Å²) >= 11 is 11.6. The standard InChI is InChI=1S/C36H26ClN3O4S/c1-2-44-35(43)25-16-18-28(19-17-25)39-31(23-10-5-3-6-11-23)21-26(32(39)24-12-7-4-8-13-24)20-30-33(41)38-36(45)40(34(30)42)29-15-9-14-27(37)22-29/h3-22H,2H2,1H3,(H,38,41,45)/b30-20+. The Hall–Kier alpha value is -5.31. The molecule has 222 valence electrons. The summed E-state index contributed by atoms with van der Waals surface area (Å²) in [6.45, 7) is 2.04. The number of halogens is 1. The average Bonchev–Trinajstić information content (AvgIpc) is 3.43. The molecule has 1 aromatic heterocycles. The third kappa shape index (κ3) is 5.93. The normalized spacial score (nSPS) is 14.0. The predicted molar refractivity (Wildman–Crippen MR) is 180 cm³/mol. The van der Waals surface area contributed by atoms with Gasteiger partial charge in [-0.1, -0.05) is 78.3 Å².